The van der Waals surface area contributed by atoms with Crippen LogP contribution in [0.4, 0.5) is 5.69 Å². The van der Waals surface area contributed by atoms with Gasteiger partial charge in [0.25, 0.3) is 10.0 Å². The van der Waals surface area contributed by atoms with E-state index in [0.29, 0.717) is 29.1 Å². The molecule has 0 radical (unpaired) electrons. The molecule has 4 rings (SSSR count). The van der Waals surface area contributed by atoms with Gasteiger partial charge in [0.1, 0.15) is 12.6 Å². The summed E-state index contributed by atoms with van der Waals surface area (Å²) in [5.74, 6) is -0.646. The third-order valence-electron chi connectivity index (χ3n) is 7.90. The van der Waals surface area contributed by atoms with E-state index in [9.17, 15) is 18.0 Å². The van der Waals surface area contributed by atoms with Crippen LogP contribution in [-0.4, -0.2) is 50.3 Å². The average molecular weight is 610 g/mol. The molecule has 0 saturated heterocycles. The van der Waals surface area contributed by atoms with Crippen LogP contribution in [-0.2, 0) is 26.0 Å². The third-order valence-corrected chi connectivity index (χ3v) is 9.91. The molecule has 0 bridgehead atoms. The summed E-state index contributed by atoms with van der Waals surface area (Å²) in [6.45, 7) is 5.34. The van der Waals surface area contributed by atoms with E-state index in [4.69, 9.17) is 11.6 Å². The zero-order valence-corrected chi connectivity index (χ0v) is 26.1. The van der Waals surface area contributed by atoms with Gasteiger partial charge < -0.3 is 10.2 Å². The Labute approximate surface area is 254 Å². The van der Waals surface area contributed by atoms with Gasteiger partial charge >= 0.3 is 0 Å². The first-order valence-electron chi connectivity index (χ1n) is 14.6. The van der Waals surface area contributed by atoms with Crippen molar-refractivity contribution in [3.05, 3.63) is 94.5 Å². The second kappa shape index (κ2) is 14.2. The van der Waals surface area contributed by atoms with Crippen molar-refractivity contribution in [3.8, 4) is 0 Å². The Bertz CT molecular complexity index is 1470. The molecule has 3 aromatic rings. The predicted molar refractivity (Wildman–Crippen MR) is 168 cm³/mol. The highest BCUT2D eigenvalue weighted by Gasteiger charge is 2.34. The van der Waals surface area contributed by atoms with Gasteiger partial charge in [0.2, 0.25) is 11.8 Å². The van der Waals surface area contributed by atoms with E-state index in [1.54, 1.807) is 54.3 Å². The SMILES string of the molecule is CC[C@@H](C(=O)NC1CCCC1)N(CCc1ccccc1)C(=O)CN(c1cc(Cl)ccc1C)S(=O)(=O)c1ccc(C)cc1. The van der Waals surface area contributed by atoms with Crippen LogP contribution >= 0.6 is 11.6 Å². The van der Waals surface area contributed by atoms with Gasteiger partial charge in [0.05, 0.1) is 10.6 Å². The van der Waals surface area contributed by atoms with Crippen LogP contribution in [0.1, 0.15) is 55.7 Å². The lowest BCUT2D eigenvalue weighted by Crippen LogP contribution is -2.54. The van der Waals surface area contributed by atoms with Crippen molar-refractivity contribution >= 4 is 39.1 Å². The average Bonchev–Trinajstić information content (AvgIpc) is 3.49. The highest BCUT2D eigenvalue weighted by molar-refractivity contribution is 7.92. The number of rotatable bonds is 12. The monoisotopic (exact) mass is 609 g/mol. The zero-order valence-electron chi connectivity index (χ0n) is 24.6. The van der Waals surface area contributed by atoms with Crippen LogP contribution in [0.2, 0.25) is 5.02 Å². The molecule has 7 nitrogen and oxygen atoms in total. The fourth-order valence-corrected chi connectivity index (χ4v) is 7.10. The molecule has 3 aromatic carbocycles. The molecule has 1 atom stereocenters. The second-order valence-electron chi connectivity index (χ2n) is 11.0. The molecule has 1 saturated carbocycles. The highest BCUT2D eigenvalue weighted by Crippen LogP contribution is 2.30. The maximum absolute atomic E-state index is 14.2. The number of hydrogen-bond donors (Lipinski definition) is 1. The molecule has 9 heteroatoms. The van der Waals surface area contributed by atoms with Crippen molar-refractivity contribution < 1.29 is 18.0 Å². The fourth-order valence-electron chi connectivity index (χ4n) is 5.47. The van der Waals surface area contributed by atoms with Gasteiger partial charge in [0.15, 0.2) is 0 Å². The standard InChI is InChI=1S/C33H40ClN3O4S/c1-4-30(33(39)35-28-12-8-9-13-28)36(21-20-26-10-6-5-7-11-26)32(38)23-37(31-22-27(34)17-16-25(31)3)42(40,41)29-18-14-24(2)15-19-29/h5-7,10-11,14-19,22,28,30H,4,8-9,12-13,20-21,23H2,1-3H3,(H,35,39)/t30-/m0/s1. The van der Waals surface area contributed by atoms with Crippen molar-refractivity contribution in [2.24, 2.45) is 0 Å². The Morgan fingerprint density at radius 1 is 0.976 bits per heavy atom. The van der Waals surface area contributed by atoms with Crippen LogP contribution in [0.25, 0.3) is 0 Å². The molecule has 0 spiro atoms. The first kappa shape index (κ1) is 31.6. The lowest BCUT2D eigenvalue weighted by Gasteiger charge is -2.34. The Balaban J connectivity index is 1.70. The first-order chi connectivity index (χ1) is 20.1. The van der Waals surface area contributed by atoms with Gasteiger partial charge in [0, 0.05) is 17.6 Å². The number of nitrogens with zero attached hydrogens (tertiary/aromatic N) is 2. The maximum atomic E-state index is 14.2. The van der Waals surface area contributed by atoms with Crippen molar-refractivity contribution in [1.82, 2.24) is 10.2 Å². The molecule has 1 N–H and O–H groups in total. The largest absolute Gasteiger partial charge is 0.352 e. The van der Waals surface area contributed by atoms with E-state index < -0.39 is 28.5 Å². The number of amides is 2. The lowest BCUT2D eigenvalue weighted by molar-refractivity contribution is -0.139. The minimum absolute atomic E-state index is 0.0714. The normalized spacial score (nSPS) is 14.4. The molecule has 1 aliphatic rings. The van der Waals surface area contributed by atoms with Gasteiger partial charge in [-0.3, -0.25) is 13.9 Å². The molecule has 2 amide bonds. The van der Waals surface area contributed by atoms with Gasteiger partial charge in [-0.05, 0) is 74.9 Å². The summed E-state index contributed by atoms with van der Waals surface area (Å²) in [5, 5.41) is 3.50. The van der Waals surface area contributed by atoms with E-state index in [1.165, 1.54) is 0 Å². The van der Waals surface area contributed by atoms with E-state index >= 15 is 0 Å². The lowest BCUT2D eigenvalue weighted by atomic mass is 10.1. The molecule has 0 aromatic heterocycles. The molecule has 0 heterocycles. The minimum Gasteiger partial charge on any atom is -0.352 e. The van der Waals surface area contributed by atoms with Gasteiger partial charge in [-0.15, -0.1) is 0 Å². The van der Waals surface area contributed by atoms with Crippen LogP contribution in [0.3, 0.4) is 0 Å². The van der Waals surface area contributed by atoms with E-state index in [1.807, 2.05) is 44.2 Å². The zero-order chi connectivity index (χ0) is 30.3. The number of carbonyl (C=O) groups is 2. The van der Waals surface area contributed by atoms with E-state index in [2.05, 4.69) is 5.32 Å². The van der Waals surface area contributed by atoms with Crippen molar-refractivity contribution in [3.63, 3.8) is 0 Å². The Kier molecular flexibility index (Phi) is 10.7. The molecule has 0 aliphatic heterocycles. The van der Waals surface area contributed by atoms with E-state index in [-0.39, 0.29) is 23.4 Å². The van der Waals surface area contributed by atoms with Crippen molar-refractivity contribution in [2.75, 3.05) is 17.4 Å². The molecule has 0 unspecified atom stereocenters. The highest BCUT2D eigenvalue weighted by atomic mass is 35.5. The van der Waals surface area contributed by atoms with Crippen LogP contribution < -0.4 is 9.62 Å². The Hall–Kier alpha value is -3.36. The summed E-state index contributed by atoms with van der Waals surface area (Å²) in [4.78, 5) is 29.4. The van der Waals surface area contributed by atoms with Crippen molar-refractivity contribution in [1.29, 1.82) is 0 Å². The summed E-state index contributed by atoms with van der Waals surface area (Å²) in [7, 11) is -4.15. The van der Waals surface area contributed by atoms with Crippen LogP contribution in [0.15, 0.2) is 77.7 Å². The maximum Gasteiger partial charge on any atom is 0.264 e. The summed E-state index contributed by atoms with van der Waals surface area (Å²) in [6.07, 6.45) is 4.93. The number of sulfonamides is 1. The molecule has 1 fully saturated rings. The molecule has 42 heavy (non-hydrogen) atoms. The molecule has 224 valence electrons. The number of nitrogens with one attached hydrogen (secondary N) is 1. The van der Waals surface area contributed by atoms with Crippen molar-refractivity contribution in [2.45, 2.75) is 76.3 Å². The third kappa shape index (κ3) is 7.72. The number of hydrogen-bond acceptors (Lipinski definition) is 4. The number of halogens is 1. The summed E-state index contributed by atoms with van der Waals surface area (Å²) >= 11 is 6.32. The smallest absolute Gasteiger partial charge is 0.264 e. The first-order valence-corrected chi connectivity index (χ1v) is 16.4. The number of anilines is 1. The van der Waals surface area contributed by atoms with Gasteiger partial charge in [-0.1, -0.05) is 85.5 Å². The summed E-state index contributed by atoms with van der Waals surface area (Å²) < 4.78 is 29.3. The van der Waals surface area contributed by atoms with E-state index in [0.717, 1.165) is 41.1 Å². The topological polar surface area (TPSA) is 86.8 Å². The van der Waals surface area contributed by atoms with Gasteiger partial charge in [-0.2, -0.15) is 0 Å². The number of benzene rings is 3. The van der Waals surface area contributed by atoms with Crippen LogP contribution in [0.5, 0.6) is 0 Å². The number of aryl methyl sites for hydroxylation is 2. The molecular weight excluding hydrogens is 570 g/mol. The fraction of sp³-hybridized carbons (Fsp3) is 0.394. The Morgan fingerprint density at radius 2 is 1.64 bits per heavy atom. The second-order valence-corrected chi connectivity index (χ2v) is 13.3. The number of carbonyl (C=O) groups excluding carboxylic acids is 2. The van der Waals surface area contributed by atoms with Crippen LogP contribution in [0, 0.1) is 13.8 Å². The molecule has 1 aliphatic carbocycles. The Morgan fingerprint density at radius 3 is 2.29 bits per heavy atom. The molecular formula is C33H40ClN3O4S. The predicted octanol–water partition coefficient (Wildman–Crippen LogP) is 6.06. The summed E-state index contributed by atoms with van der Waals surface area (Å²) in [6, 6.07) is 20.6. The summed E-state index contributed by atoms with van der Waals surface area (Å²) in [5.41, 5.74) is 2.92. The van der Waals surface area contributed by atoms with Gasteiger partial charge in [-0.25, -0.2) is 8.42 Å². The minimum atomic E-state index is -4.15. The quantitative estimate of drug-likeness (QED) is 0.270.